The molecule has 0 spiro atoms. The van der Waals surface area contributed by atoms with Crippen LogP contribution >= 0.6 is 0 Å². The van der Waals surface area contributed by atoms with Gasteiger partial charge in [-0.2, -0.15) is 0 Å². The lowest BCUT2D eigenvalue weighted by molar-refractivity contribution is -0.151. The number of hydrogen-bond acceptors (Lipinski definition) is 4. The Morgan fingerprint density at radius 1 is 0.943 bits per heavy atom. The zero-order chi connectivity index (χ0) is 24.4. The van der Waals surface area contributed by atoms with Gasteiger partial charge in [-0.25, -0.2) is 9.59 Å². The second kappa shape index (κ2) is 9.72. The van der Waals surface area contributed by atoms with Crippen molar-refractivity contribution in [1.29, 1.82) is 0 Å². The average Bonchev–Trinajstić information content (AvgIpc) is 3.46. The van der Waals surface area contributed by atoms with E-state index in [1.54, 1.807) is 0 Å². The monoisotopic (exact) mass is 476 g/mol. The number of amides is 2. The molecule has 1 unspecified atom stereocenters. The van der Waals surface area contributed by atoms with Gasteiger partial charge in [0, 0.05) is 18.4 Å². The molecule has 0 bridgehead atoms. The maximum atomic E-state index is 12.9. The van der Waals surface area contributed by atoms with Gasteiger partial charge in [0.25, 0.3) is 0 Å². The van der Waals surface area contributed by atoms with Gasteiger partial charge in [-0.3, -0.25) is 4.79 Å². The summed E-state index contributed by atoms with van der Waals surface area (Å²) in [5, 5.41) is 15.2. The minimum atomic E-state index is -1.15. The van der Waals surface area contributed by atoms with E-state index in [2.05, 4.69) is 34.9 Å². The van der Waals surface area contributed by atoms with Crippen LogP contribution < -0.4 is 10.6 Å². The van der Waals surface area contributed by atoms with E-state index in [-0.39, 0.29) is 36.8 Å². The van der Waals surface area contributed by atoms with E-state index < -0.39 is 17.6 Å². The number of carboxylic acids is 1. The molecule has 2 aromatic rings. The Bertz CT molecular complexity index is 1070. The predicted octanol–water partition coefficient (Wildman–Crippen LogP) is 4.60. The fourth-order valence-electron chi connectivity index (χ4n) is 5.93. The van der Waals surface area contributed by atoms with Crippen molar-refractivity contribution in [3.63, 3.8) is 0 Å². The Morgan fingerprint density at radius 2 is 1.54 bits per heavy atom. The summed E-state index contributed by atoms with van der Waals surface area (Å²) < 4.78 is 5.71. The van der Waals surface area contributed by atoms with Crippen LogP contribution in [-0.2, 0) is 14.3 Å². The van der Waals surface area contributed by atoms with Crippen LogP contribution in [0.4, 0.5) is 4.79 Å². The standard InChI is InChI=1S/C28H32N2O5/c31-25(30-28(26(32)33)14-7-15-28)16-24(18-8-1-2-9-18)29-27(34)35-17-23-21-12-5-3-10-19(21)20-11-4-6-13-22(20)23/h3-6,10-13,18,23-24H,1-2,7-9,14-17H2,(H,29,34)(H,30,31)(H,32,33). The number of benzene rings is 2. The van der Waals surface area contributed by atoms with Crippen LogP contribution in [0.15, 0.2) is 48.5 Å². The first kappa shape index (κ1) is 23.4. The summed E-state index contributed by atoms with van der Waals surface area (Å²) in [5.74, 6) is -1.17. The van der Waals surface area contributed by atoms with Crippen LogP contribution in [0.2, 0.25) is 0 Å². The Labute approximate surface area is 205 Å². The zero-order valence-corrected chi connectivity index (χ0v) is 19.8. The minimum absolute atomic E-state index is 0.0320. The number of hydrogen-bond donors (Lipinski definition) is 3. The lowest BCUT2D eigenvalue weighted by Gasteiger charge is -2.38. The van der Waals surface area contributed by atoms with Gasteiger partial charge in [0.05, 0.1) is 0 Å². The molecule has 2 amide bonds. The second-order valence-electron chi connectivity index (χ2n) is 10.1. The molecule has 0 aromatic heterocycles. The zero-order valence-electron chi connectivity index (χ0n) is 19.8. The van der Waals surface area contributed by atoms with E-state index >= 15 is 0 Å². The molecule has 2 saturated carbocycles. The maximum absolute atomic E-state index is 12.9. The van der Waals surface area contributed by atoms with Crippen molar-refractivity contribution in [3.8, 4) is 11.1 Å². The first-order valence-electron chi connectivity index (χ1n) is 12.6. The summed E-state index contributed by atoms with van der Waals surface area (Å²) in [5.41, 5.74) is 3.48. The fraction of sp³-hybridized carbons (Fsp3) is 0.464. The highest BCUT2D eigenvalue weighted by atomic mass is 16.5. The van der Waals surface area contributed by atoms with Gasteiger partial charge >= 0.3 is 12.1 Å². The molecule has 184 valence electrons. The first-order valence-corrected chi connectivity index (χ1v) is 12.6. The number of rotatable bonds is 8. The molecule has 0 radical (unpaired) electrons. The largest absolute Gasteiger partial charge is 0.480 e. The lowest BCUT2D eigenvalue weighted by atomic mass is 9.76. The molecule has 0 aliphatic heterocycles. The third kappa shape index (κ3) is 4.64. The van der Waals surface area contributed by atoms with E-state index in [0.717, 1.165) is 43.2 Å². The lowest BCUT2D eigenvalue weighted by Crippen LogP contribution is -2.60. The number of fused-ring (bicyclic) bond motifs is 3. The summed E-state index contributed by atoms with van der Waals surface area (Å²) in [6.07, 6.45) is 5.21. The molecule has 1 atom stereocenters. The molecular weight excluding hydrogens is 444 g/mol. The normalized spacial score (nSPS) is 19.2. The Kier molecular flexibility index (Phi) is 6.50. The molecule has 0 heterocycles. The molecule has 2 aromatic carbocycles. The SMILES string of the molecule is O=C(CC(NC(=O)OCC1c2ccccc2-c2ccccc21)C1CCCC1)NC1(C(=O)O)CCC1. The highest BCUT2D eigenvalue weighted by Gasteiger charge is 2.46. The minimum Gasteiger partial charge on any atom is -0.480 e. The van der Waals surface area contributed by atoms with E-state index in [1.807, 2.05) is 24.3 Å². The van der Waals surface area contributed by atoms with Crippen molar-refractivity contribution in [2.24, 2.45) is 5.92 Å². The van der Waals surface area contributed by atoms with Gasteiger partial charge in [-0.1, -0.05) is 61.4 Å². The second-order valence-corrected chi connectivity index (χ2v) is 10.1. The molecule has 3 aliphatic rings. The summed E-state index contributed by atoms with van der Waals surface area (Å²) in [7, 11) is 0. The molecule has 5 rings (SSSR count). The summed E-state index contributed by atoms with van der Waals surface area (Å²) in [6.45, 7) is 0.214. The summed E-state index contributed by atoms with van der Waals surface area (Å²) >= 11 is 0. The van der Waals surface area contributed by atoms with Gasteiger partial charge in [0.15, 0.2) is 0 Å². The average molecular weight is 477 g/mol. The predicted molar refractivity (Wildman–Crippen MR) is 131 cm³/mol. The Hall–Kier alpha value is -3.35. The van der Waals surface area contributed by atoms with E-state index in [4.69, 9.17) is 4.74 Å². The number of alkyl carbamates (subject to hydrolysis) is 1. The topological polar surface area (TPSA) is 105 Å². The molecule has 7 nitrogen and oxygen atoms in total. The van der Waals surface area contributed by atoms with E-state index in [0.29, 0.717) is 12.8 Å². The number of carboxylic acid groups (broad SMARTS) is 1. The Morgan fingerprint density at radius 3 is 2.09 bits per heavy atom. The molecule has 7 heteroatoms. The molecular formula is C28H32N2O5. The van der Waals surface area contributed by atoms with Crippen LogP contribution in [0.1, 0.15) is 68.4 Å². The fourth-order valence-corrected chi connectivity index (χ4v) is 5.93. The van der Waals surface area contributed by atoms with Crippen LogP contribution in [0.25, 0.3) is 11.1 Å². The molecule has 2 fully saturated rings. The molecule has 35 heavy (non-hydrogen) atoms. The highest BCUT2D eigenvalue weighted by Crippen LogP contribution is 2.44. The quantitative estimate of drug-likeness (QED) is 0.517. The number of aliphatic carboxylic acids is 1. The van der Waals surface area contributed by atoms with Crippen molar-refractivity contribution in [2.75, 3.05) is 6.61 Å². The molecule has 3 N–H and O–H groups in total. The van der Waals surface area contributed by atoms with Crippen molar-refractivity contribution in [1.82, 2.24) is 10.6 Å². The van der Waals surface area contributed by atoms with Crippen LogP contribution in [-0.4, -0.2) is 41.3 Å². The van der Waals surface area contributed by atoms with Crippen molar-refractivity contribution in [2.45, 2.75) is 68.9 Å². The van der Waals surface area contributed by atoms with Crippen LogP contribution in [0, 0.1) is 5.92 Å². The van der Waals surface area contributed by atoms with Gasteiger partial charge in [0.2, 0.25) is 5.91 Å². The number of ether oxygens (including phenoxy) is 1. The molecule has 0 saturated heterocycles. The van der Waals surface area contributed by atoms with Crippen LogP contribution in [0.3, 0.4) is 0 Å². The molecule has 3 aliphatic carbocycles. The van der Waals surface area contributed by atoms with Gasteiger partial charge < -0.3 is 20.5 Å². The van der Waals surface area contributed by atoms with Crippen molar-refractivity contribution < 1.29 is 24.2 Å². The summed E-state index contributed by atoms with van der Waals surface area (Å²) in [6, 6.07) is 16.0. The third-order valence-electron chi connectivity index (χ3n) is 8.02. The van der Waals surface area contributed by atoms with Crippen LogP contribution in [0.5, 0.6) is 0 Å². The number of carbonyl (C=O) groups excluding carboxylic acids is 2. The number of carbonyl (C=O) groups is 3. The van der Waals surface area contributed by atoms with Gasteiger partial charge in [-0.05, 0) is 60.3 Å². The van der Waals surface area contributed by atoms with Crippen molar-refractivity contribution in [3.05, 3.63) is 59.7 Å². The summed E-state index contributed by atoms with van der Waals surface area (Å²) in [4.78, 5) is 37.3. The van der Waals surface area contributed by atoms with Crippen molar-refractivity contribution >= 4 is 18.0 Å². The third-order valence-corrected chi connectivity index (χ3v) is 8.02. The Balaban J connectivity index is 1.23. The van der Waals surface area contributed by atoms with Gasteiger partial charge in [0.1, 0.15) is 12.1 Å². The first-order chi connectivity index (χ1) is 17.0. The maximum Gasteiger partial charge on any atom is 0.407 e. The number of nitrogens with one attached hydrogen (secondary N) is 2. The highest BCUT2D eigenvalue weighted by molar-refractivity contribution is 5.88. The smallest absolute Gasteiger partial charge is 0.407 e. The van der Waals surface area contributed by atoms with E-state index in [1.165, 1.54) is 11.1 Å². The van der Waals surface area contributed by atoms with Gasteiger partial charge in [-0.15, -0.1) is 0 Å². The van der Waals surface area contributed by atoms with E-state index in [9.17, 15) is 19.5 Å².